The average Bonchev–Trinajstić information content (AvgIpc) is 3.14. The number of carbonyl (C=O) groups excluding carboxylic acids is 2. The maximum Gasteiger partial charge on any atom is 0.256 e. The third-order valence-electron chi connectivity index (χ3n) is 5.68. The van der Waals surface area contributed by atoms with E-state index in [4.69, 9.17) is 0 Å². The van der Waals surface area contributed by atoms with Crippen molar-refractivity contribution in [2.24, 2.45) is 5.92 Å². The second-order valence-electron chi connectivity index (χ2n) is 7.89. The van der Waals surface area contributed by atoms with Crippen LogP contribution in [0.15, 0.2) is 60.7 Å². The van der Waals surface area contributed by atoms with Crippen molar-refractivity contribution in [2.45, 2.75) is 39.5 Å². The van der Waals surface area contributed by atoms with Crippen LogP contribution in [0.4, 0.5) is 5.82 Å². The van der Waals surface area contributed by atoms with Gasteiger partial charge in [0, 0.05) is 17.7 Å². The van der Waals surface area contributed by atoms with Gasteiger partial charge in [-0.25, -0.2) is 4.68 Å². The van der Waals surface area contributed by atoms with E-state index in [2.05, 4.69) is 21.0 Å². The number of carbonyl (C=O) groups is 2. The fourth-order valence-corrected chi connectivity index (χ4v) is 3.99. The fraction of sp³-hybridized carbons (Fsp3) is 0.292. The molecule has 4 rings (SSSR count). The minimum atomic E-state index is -0.519. The molecule has 2 aromatic carbocycles. The molecule has 2 heterocycles. The standard InChI is InChI=1S/C24H27N5O2/c1-4-20-16(3)25-24(27-23(20)31)29-21(14-15(2)28-29)26-22(30)19-12-10-18(11-13-19)17-8-6-5-7-9-17/h5-14,16,20,24-25H,4H2,1-3H3,(H,26,30)(H,27,31). The van der Waals surface area contributed by atoms with Gasteiger partial charge in [0.05, 0.1) is 11.6 Å². The lowest BCUT2D eigenvalue weighted by Gasteiger charge is -2.35. The highest BCUT2D eigenvalue weighted by molar-refractivity contribution is 6.04. The topological polar surface area (TPSA) is 88.1 Å². The van der Waals surface area contributed by atoms with Gasteiger partial charge in [-0.2, -0.15) is 5.10 Å². The molecule has 0 aliphatic carbocycles. The second-order valence-corrected chi connectivity index (χ2v) is 7.89. The molecule has 1 aliphatic heterocycles. The number of nitrogens with one attached hydrogen (secondary N) is 3. The first kappa shape index (κ1) is 20.8. The summed E-state index contributed by atoms with van der Waals surface area (Å²) in [4.78, 5) is 25.3. The highest BCUT2D eigenvalue weighted by Crippen LogP contribution is 2.23. The molecule has 3 aromatic rings. The van der Waals surface area contributed by atoms with E-state index in [1.165, 1.54) is 0 Å². The molecule has 0 bridgehead atoms. The van der Waals surface area contributed by atoms with Crippen molar-refractivity contribution in [1.82, 2.24) is 20.4 Å². The predicted octanol–water partition coefficient (Wildman–Crippen LogP) is 3.70. The zero-order valence-corrected chi connectivity index (χ0v) is 17.9. The van der Waals surface area contributed by atoms with Crippen LogP contribution in [0, 0.1) is 12.8 Å². The SMILES string of the molecule is CCC1C(=O)NC(n2nc(C)cc2NC(=O)c2ccc(-c3ccccc3)cc2)NC1C. The Kier molecular flexibility index (Phi) is 5.86. The Morgan fingerprint density at radius 1 is 1.10 bits per heavy atom. The number of hydrogen-bond acceptors (Lipinski definition) is 4. The van der Waals surface area contributed by atoms with Gasteiger partial charge in [0.15, 0.2) is 6.29 Å². The lowest BCUT2D eigenvalue weighted by Crippen LogP contribution is -2.57. The molecule has 1 saturated heterocycles. The molecule has 1 fully saturated rings. The van der Waals surface area contributed by atoms with E-state index in [0.29, 0.717) is 11.4 Å². The molecule has 0 radical (unpaired) electrons. The summed E-state index contributed by atoms with van der Waals surface area (Å²) in [5.74, 6) is 0.187. The minimum Gasteiger partial charge on any atom is -0.322 e. The van der Waals surface area contributed by atoms with E-state index in [1.807, 2.05) is 63.2 Å². The molecule has 2 amide bonds. The zero-order chi connectivity index (χ0) is 22.0. The molecule has 1 aromatic heterocycles. The molecule has 3 atom stereocenters. The van der Waals surface area contributed by atoms with E-state index in [9.17, 15) is 9.59 Å². The summed E-state index contributed by atoms with van der Waals surface area (Å²) >= 11 is 0. The number of nitrogens with zero attached hydrogens (tertiary/aromatic N) is 2. The van der Waals surface area contributed by atoms with Crippen LogP contribution >= 0.6 is 0 Å². The quantitative estimate of drug-likeness (QED) is 0.591. The lowest BCUT2D eigenvalue weighted by atomic mass is 9.95. The van der Waals surface area contributed by atoms with Gasteiger partial charge >= 0.3 is 0 Å². The van der Waals surface area contributed by atoms with Crippen molar-refractivity contribution >= 4 is 17.6 Å². The number of aryl methyl sites for hydroxylation is 1. The van der Waals surface area contributed by atoms with Crippen molar-refractivity contribution in [3.63, 3.8) is 0 Å². The van der Waals surface area contributed by atoms with E-state index in [1.54, 1.807) is 22.9 Å². The average molecular weight is 418 g/mol. The monoisotopic (exact) mass is 417 g/mol. The largest absolute Gasteiger partial charge is 0.322 e. The Labute approximate surface area is 181 Å². The summed E-state index contributed by atoms with van der Waals surface area (Å²) < 4.78 is 1.62. The molecule has 160 valence electrons. The van der Waals surface area contributed by atoms with Crippen LogP contribution < -0.4 is 16.0 Å². The minimum absolute atomic E-state index is 0.00217. The summed E-state index contributed by atoms with van der Waals surface area (Å²) in [6.45, 7) is 5.84. The number of hydrogen-bond donors (Lipinski definition) is 3. The van der Waals surface area contributed by atoms with Gasteiger partial charge in [-0.05, 0) is 43.5 Å². The molecule has 7 heteroatoms. The van der Waals surface area contributed by atoms with Crippen LogP contribution in [0.2, 0.25) is 0 Å². The zero-order valence-electron chi connectivity index (χ0n) is 17.9. The van der Waals surface area contributed by atoms with Crippen molar-refractivity contribution in [3.8, 4) is 11.1 Å². The summed E-state index contributed by atoms with van der Waals surface area (Å²) in [5.41, 5.74) is 3.44. The van der Waals surface area contributed by atoms with Crippen molar-refractivity contribution in [2.75, 3.05) is 5.32 Å². The van der Waals surface area contributed by atoms with Crippen LogP contribution in [-0.2, 0) is 4.79 Å². The van der Waals surface area contributed by atoms with Gasteiger partial charge in [-0.3, -0.25) is 14.9 Å². The van der Waals surface area contributed by atoms with Gasteiger partial charge in [0.1, 0.15) is 5.82 Å². The molecule has 1 aliphatic rings. The Balaban J connectivity index is 1.51. The molecular formula is C24H27N5O2. The Morgan fingerprint density at radius 3 is 2.42 bits per heavy atom. The van der Waals surface area contributed by atoms with E-state index in [-0.39, 0.29) is 23.8 Å². The van der Waals surface area contributed by atoms with Crippen molar-refractivity contribution in [3.05, 3.63) is 71.9 Å². The first-order valence-electron chi connectivity index (χ1n) is 10.6. The lowest BCUT2D eigenvalue weighted by molar-refractivity contribution is -0.130. The van der Waals surface area contributed by atoms with Gasteiger partial charge in [0.25, 0.3) is 5.91 Å². The number of anilines is 1. The van der Waals surface area contributed by atoms with Crippen LogP contribution in [-0.4, -0.2) is 27.6 Å². The Hall–Kier alpha value is -3.45. The fourth-order valence-electron chi connectivity index (χ4n) is 3.99. The first-order chi connectivity index (χ1) is 15.0. The van der Waals surface area contributed by atoms with Crippen molar-refractivity contribution < 1.29 is 9.59 Å². The number of aromatic nitrogens is 2. The predicted molar refractivity (Wildman–Crippen MR) is 120 cm³/mol. The maximum absolute atomic E-state index is 12.9. The van der Waals surface area contributed by atoms with Gasteiger partial charge in [-0.15, -0.1) is 0 Å². The molecular weight excluding hydrogens is 390 g/mol. The van der Waals surface area contributed by atoms with Gasteiger partial charge < -0.3 is 10.6 Å². The van der Waals surface area contributed by atoms with Crippen LogP contribution in [0.1, 0.15) is 42.6 Å². The second kappa shape index (κ2) is 8.73. The Bertz CT molecular complexity index is 1080. The molecule has 7 nitrogen and oxygen atoms in total. The number of amides is 2. The molecule has 0 saturated carbocycles. The maximum atomic E-state index is 12.9. The summed E-state index contributed by atoms with van der Waals surface area (Å²) in [6.07, 6.45) is 0.239. The Morgan fingerprint density at radius 2 is 1.77 bits per heavy atom. The van der Waals surface area contributed by atoms with E-state index >= 15 is 0 Å². The van der Waals surface area contributed by atoms with Crippen LogP contribution in [0.25, 0.3) is 11.1 Å². The van der Waals surface area contributed by atoms with E-state index < -0.39 is 6.29 Å². The molecule has 3 unspecified atom stereocenters. The number of benzene rings is 2. The molecule has 0 spiro atoms. The first-order valence-corrected chi connectivity index (χ1v) is 10.6. The van der Waals surface area contributed by atoms with E-state index in [0.717, 1.165) is 23.2 Å². The smallest absolute Gasteiger partial charge is 0.256 e. The van der Waals surface area contributed by atoms with Gasteiger partial charge in [0.2, 0.25) is 5.91 Å². The highest BCUT2D eigenvalue weighted by atomic mass is 16.2. The van der Waals surface area contributed by atoms with Crippen LogP contribution in [0.5, 0.6) is 0 Å². The third-order valence-corrected chi connectivity index (χ3v) is 5.68. The molecule has 31 heavy (non-hydrogen) atoms. The number of rotatable bonds is 5. The van der Waals surface area contributed by atoms with Gasteiger partial charge in [-0.1, -0.05) is 49.4 Å². The normalized spacial score (nSPS) is 20.9. The third kappa shape index (κ3) is 4.36. The van der Waals surface area contributed by atoms with Crippen LogP contribution in [0.3, 0.4) is 0 Å². The highest BCUT2D eigenvalue weighted by Gasteiger charge is 2.34. The summed E-state index contributed by atoms with van der Waals surface area (Å²) in [7, 11) is 0. The summed E-state index contributed by atoms with van der Waals surface area (Å²) in [6, 6.07) is 19.3. The summed E-state index contributed by atoms with van der Waals surface area (Å²) in [5, 5.41) is 13.7. The molecule has 3 N–H and O–H groups in total. The van der Waals surface area contributed by atoms with Crippen molar-refractivity contribution in [1.29, 1.82) is 0 Å².